The maximum Gasteiger partial charge on any atom is 0.294 e. The number of ether oxygens (including phenoxy) is 1. The highest BCUT2D eigenvalue weighted by Gasteiger charge is 2.34. The highest BCUT2D eigenvalue weighted by molar-refractivity contribution is 5.89. The molecule has 1 aromatic heterocycles. The Morgan fingerprint density at radius 2 is 2.05 bits per heavy atom. The summed E-state index contributed by atoms with van der Waals surface area (Å²) in [6.07, 6.45) is -0.212. The van der Waals surface area contributed by atoms with Crippen LogP contribution in [0.1, 0.15) is 12.8 Å². The lowest BCUT2D eigenvalue weighted by molar-refractivity contribution is -0.0220. The summed E-state index contributed by atoms with van der Waals surface area (Å²) in [5, 5.41) is 0. The molecule has 2 aromatic rings. The number of nitrogens with one attached hydrogen (secondary N) is 1. The number of nitrogens with zero attached hydrogens (tertiary/aromatic N) is 2. The number of hydrogen-bond donors (Lipinski definition) is 1. The van der Waals surface area contributed by atoms with Gasteiger partial charge < -0.3 is 14.6 Å². The molecular formula is C13H15F2N3O. The van der Waals surface area contributed by atoms with Crippen LogP contribution >= 0.6 is 0 Å². The van der Waals surface area contributed by atoms with Gasteiger partial charge in [-0.25, -0.2) is 8.78 Å². The van der Waals surface area contributed by atoms with Gasteiger partial charge in [0.05, 0.1) is 18.3 Å². The fourth-order valence-electron chi connectivity index (χ4n) is 2.42. The summed E-state index contributed by atoms with van der Waals surface area (Å²) in [7, 11) is 1.54. The van der Waals surface area contributed by atoms with Gasteiger partial charge in [0.2, 0.25) is 0 Å². The first-order chi connectivity index (χ1) is 9.09. The van der Waals surface area contributed by atoms with Crippen LogP contribution in [0.5, 0.6) is 6.01 Å². The number of hydrogen-bond acceptors (Lipinski definition) is 3. The Labute approximate surface area is 109 Å². The number of fused-ring (bicyclic) bond motifs is 1. The van der Waals surface area contributed by atoms with Crippen LogP contribution in [-0.4, -0.2) is 36.1 Å². The molecule has 0 bridgehead atoms. The standard InChI is InChI=1S/C13H15F2N3O/c1-19-12-16-9-3-2-4-10(11(9)17-12)18-7-5-13(14,15)6-8-18/h2-4H,5-8H2,1H3,(H,16,17). The molecular weight excluding hydrogens is 252 g/mol. The fourth-order valence-corrected chi connectivity index (χ4v) is 2.42. The first-order valence-corrected chi connectivity index (χ1v) is 6.24. The second-order valence-corrected chi connectivity index (χ2v) is 4.76. The zero-order valence-electron chi connectivity index (χ0n) is 10.6. The lowest BCUT2D eigenvalue weighted by atomic mass is 10.1. The minimum atomic E-state index is -2.53. The number of rotatable bonds is 2. The van der Waals surface area contributed by atoms with Gasteiger partial charge in [-0.05, 0) is 12.1 Å². The summed E-state index contributed by atoms with van der Waals surface area (Å²) >= 11 is 0. The van der Waals surface area contributed by atoms with Crippen LogP contribution in [0, 0.1) is 0 Å². The zero-order chi connectivity index (χ0) is 13.5. The van der Waals surface area contributed by atoms with Crippen molar-refractivity contribution in [2.75, 3.05) is 25.1 Å². The van der Waals surface area contributed by atoms with Crippen LogP contribution < -0.4 is 9.64 Å². The normalized spacial score (nSPS) is 18.8. The van der Waals surface area contributed by atoms with Crippen molar-refractivity contribution in [3.8, 4) is 6.01 Å². The second-order valence-electron chi connectivity index (χ2n) is 4.76. The maximum atomic E-state index is 13.2. The predicted molar refractivity (Wildman–Crippen MR) is 69.0 cm³/mol. The van der Waals surface area contributed by atoms with E-state index in [4.69, 9.17) is 4.74 Å². The van der Waals surface area contributed by atoms with E-state index in [1.807, 2.05) is 23.1 Å². The maximum absolute atomic E-state index is 13.2. The van der Waals surface area contributed by atoms with E-state index >= 15 is 0 Å². The topological polar surface area (TPSA) is 41.1 Å². The number of anilines is 1. The summed E-state index contributed by atoms with van der Waals surface area (Å²) in [6.45, 7) is 0.697. The van der Waals surface area contributed by atoms with E-state index in [0.29, 0.717) is 19.1 Å². The molecule has 0 unspecified atom stereocenters. The Kier molecular flexibility index (Phi) is 2.80. The van der Waals surface area contributed by atoms with Crippen molar-refractivity contribution < 1.29 is 13.5 Å². The van der Waals surface area contributed by atoms with Crippen LogP contribution in [0.25, 0.3) is 11.0 Å². The molecule has 1 aliphatic rings. The van der Waals surface area contributed by atoms with Gasteiger partial charge in [-0.1, -0.05) is 6.07 Å². The number of aromatic nitrogens is 2. The number of imidazole rings is 1. The quantitative estimate of drug-likeness (QED) is 0.909. The molecule has 6 heteroatoms. The molecule has 1 fully saturated rings. The van der Waals surface area contributed by atoms with Crippen LogP contribution in [0.3, 0.4) is 0 Å². The van der Waals surface area contributed by atoms with Crippen molar-refractivity contribution in [2.45, 2.75) is 18.8 Å². The highest BCUT2D eigenvalue weighted by Crippen LogP contribution is 2.33. The lowest BCUT2D eigenvalue weighted by Crippen LogP contribution is -2.39. The van der Waals surface area contributed by atoms with Crippen molar-refractivity contribution in [3.63, 3.8) is 0 Å². The summed E-state index contributed by atoms with van der Waals surface area (Å²) in [6, 6.07) is 6.13. The number of benzene rings is 1. The molecule has 3 rings (SSSR count). The number of piperidine rings is 1. The second kappa shape index (κ2) is 4.36. The minimum absolute atomic E-state index is 0.106. The smallest absolute Gasteiger partial charge is 0.294 e. The zero-order valence-corrected chi connectivity index (χ0v) is 10.6. The Balaban J connectivity index is 1.94. The molecule has 102 valence electrons. The van der Waals surface area contributed by atoms with Crippen LogP contribution in [0.4, 0.5) is 14.5 Å². The summed E-state index contributed by atoms with van der Waals surface area (Å²) in [5.74, 6) is -2.53. The number of halogens is 2. The van der Waals surface area contributed by atoms with Crippen molar-refractivity contribution in [3.05, 3.63) is 18.2 Å². The SMILES string of the molecule is COc1nc2c(N3CCC(F)(F)CC3)cccc2[nH]1. The van der Waals surface area contributed by atoms with Crippen molar-refractivity contribution in [1.82, 2.24) is 9.97 Å². The molecule has 4 nitrogen and oxygen atoms in total. The number of alkyl halides is 2. The molecule has 0 saturated carbocycles. The van der Waals surface area contributed by atoms with Crippen molar-refractivity contribution >= 4 is 16.7 Å². The lowest BCUT2D eigenvalue weighted by Gasteiger charge is -2.33. The fraction of sp³-hybridized carbons (Fsp3) is 0.462. The molecule has 1 aromatic carbocycles. The predicted octanol–water partition coefficient (Wildman–Crippen LogP) is 2.81. The van der Waals surface area contributed by atoms with E-state index in [9.17, 15) is 8.78 Å². The molecule has 0 atom stereocenters. The first-order valence-electron chi connectivity index (χ1n) is 6.24. The Morgan fingerprint density at radius 1 is 1.32 bits per heavy atom. The average molecular weight is 267 g/mol. The number of H-pyrrole nitrogens is 1. The van der Waals surface area contributed by atoms with E-state index in [-0.39, 0.29) is 12.8 Å². The van der Waals surface area contributed by atoms with E-state index in [2.05, 4.69) is 9.97 Å². The van der Waals surface area contributed by atoms with Gasteiger partial charge in [-0.2, -0.15) is 4.98 Å². The Morgan fingerprint density at radius 3 is 2.74 bits per heavy atom. The van der Waals surface area contributed by atoms with Gasteiger partial charge in [-0.3, -0.25) is 0 Å². The number of methoxy groups -OCH3 is 1. The van der Waals surface area contributed by atoms with E-state index in [1.54, 1.807) is 7.11 Å². The van der Waals surface area contributed by atoms with Crippen LogP contribution in [-0.2, 0) is 0 Å². The molecule has 1 N–H and O–H groups in total. The third-order valence-corrected chi connectivity index (χ3v) is 3.50. The summed E-state index contributed by atoms with van der Waals surface area (Å²) in [5.41, 5.74) is 2.50. The van der Waals surface area contributed by atoms with E-state index < -0.39 is 5.92 Å². The highest BCUT2D eigenvalue weighted by atomic mass is 19.3. The van der Waals surface area contributed by atoms with Gasteiger partial charge in [0.1, 0.15) is 5.52 Å². The summed E-state index contributed by atoms with van der Waals surface area (Å²) < 4.78 is 31.5. The van der Waals surface area contributed by atoms with Gasteiger partial charge in [-0.15, -0.1) is 0 Å². The van der Waals surface area contributed by atoms with E-state index in [1.165, 1.54) is 0 Å². The average Bonchev–Trinajstić information content (AvgIpc) is 2.82. The Bertz CT molecular complexity index is 587. The molecule has 0 spiro atoms. The molecule has 0 amide bonds. The van der Waals surface area contributed by atoms with Gasteiger partial charge >= 0.3 is 0 Å². The largest absolute Gasteiger partial charge is 0.468 e. The van der Waals surface area contributed by atoms with Crippen LogP contribution in [0.2, 0.25) is 0 Å². The summed E-state index contributed by atoms with van der Waals surface area (Å²) in [4.78, 5) is 9.33. The molecule has 1 saturated heterocycles. The molecule has 2 heterocycles. The molecule has 1 aliphatic heterocycles. The minimum Gasteiger partial charge on any atom is -0.468 e. The number of aromatic amines is 1. The van der Waals surface area contributed by atoms with Gasteiger partial charge in [0, 0.05) is 25.9 Å². The molecule has 19 heavy (non-hydrogen) atoms. The first kappa shape index (κ1) is 12.2. The van der Waals surface area contributed by atoms with E-state index in [0.717, 1.165) is 16.7 Å². The molecule has 0 radical (unpaired) electrons. The third-order valence-electron chi connectivity index (χ3n) is 3.50. The monoisotopic (exact) mass is 267 g/mol. The van der Waals surface area contributed by atoms with Crippen molar-refractivity contribution in [2.24, 2.45) is 0 Å². The van der Waals surface area contributed by atoms with Crippen molar-refractivity contribution in [1.29, 1.82) is 0 Å². The number of para-hydroxylation sites is 1. The van der Waals surface area contributed by atoms with Gasteiger partial charge in [0.25, 0.3) is 11.9 Å². The Hall–Kier alpha value is -1.85. The van der Waals surface area contributed by atoms with Gasteiger partial charge in [0.15, 0.2) is 0 Å². The third kappa shape index (κ3) is 2.22. The molecule has 0 aliphatic carbocycles. The van der Waals surface area contributed by atoms with Crippen LogP contribution in [0.15, 0.2) is 18.2 Å².